The van der Waals surface area contributed by atoms with Crippen LogP contribution in [-0.4, -0.2) is 31.0 Å². The lowest BCUT2D eigenvalue weighted by molar-refractivity contribution is 0.138. The largest absolute Gasteiger partial charge is 0.485 e. The lowest BCUT2D eigenvalue weighted by atomic mass is 10.2. The van der Waals surface area contributed by atoms with Crippen LogP contribution in [0.5, 0.6) is 5.75 Å². The minimum absolute atomic E-state index is 0.0921. The molecule has 1 aliphatic heterocycles. The van der Waals surface area contributed by atoms with Gasteiger partial charge in [0.2, 0.25) is 0 Å². The Hall–Kier alpha value is -1.57. The summed E-state index contributed by atoms with van der Waals surface area (Å²) in [6, 6.07) is 4.40. The Kier molecular flexibility index (Phi) is 3.97. The Bertz CT molecular complexity index is 442. The molecule has 0 amide bonds. The summed E-state index contributed by atoms with van der Waals surface area (Å²) in [7, 11) is 0. The third-order valence-corrected chi connectivity index (χ3v) is 2.42. The maximum Gasteiger partial charge on any atom is 0.165 e. The fourth-order valence-electron chi connectivity index (χ4n) is 1.60. The second-order valence-corrected chi connectivity index (χ2v) is 3.71. The molecule has 1 heterocycles. The number of benzene rings is 1. The maximum atomic E-state index is 13.5. The van der Waals surface area contributed by atoms with Crippen LogP contribution >= 0.6 is 0 Å². The van der Waals surface area contributed by atoms with Crippen molar-refractivity contribution in [2.24, 2.45) is 0 Å². The SMILES string of the molecule is OCC#Cc1ccc(F)c(OC2CCOC2)c1. The van der Waals surface area contributed by atoms with Gasteiger partial charge in [0.15, 0.2) is 11.6 Å². The van der Waals surface area contributed by atoms with E-state index in [0.717, 1.165) is 6.42 Å². The lowest BCUT2D eigenvalue weighted by Crippen LogP contribution is -2.16. The van der Waals surface area contributed by atoms with Crippen molar-refractivity contribution < 1.29 is 19.0 Å². The highest BCUT2D eigenvalue weighted by molar-refractivity contribution is 5.40. The average molecular weight is 236 g/mol. The molecule has 1 aromatic carbocycles. The summed E-state index contributed by atoms with van der Waals surface area (Å²) in [4.78, 5) is 0. The first kappa shape index (κ1) is 11.9. The molecule has 1 N–H and O–H groups in total. The normalized spacial score (nSPS) is 18.6. The van der Waals surface area contributed by atoms with E-state index < -0.39 is 5.82 Å². The molecule has 2 rings (SSSR count). The Morgan fingerprint density at radius 3 is 3.12 bits per heavy atom. The molecule has 0 bridgehead atoms. The van der Waals surface area contributed by atoms with Crippen molar-refractivity contribution in [2.45, 2.75) is 12.5 Å². The first-order chi connectivity index (χ1) is 8.29. The number of halogens is 1. The molecule has 3 nitrogen and oxygen atoms in total. The average Bonchev–Trinajstić information content (AvgIpc) is 2.83. The van der Waals surface area contributed by atoms with Crippen LogP contribution in [0.1, 0.15) is 12.0 Å². The van der Waals surface area contributed by atoms with E-state index in [1.165, 1.54) is 12.1 Å². The fraction of sp³-hybridized carbons (Fsp3) is 0.385. The van der Waals surface area contributed by atoms with Crippen LogP contribution in [0.25, 0.3) is 0 Å². The molecular formula is C13H13FO3. The Labute approximate surface area is 99.2 Å². The minimum Gasteiger partial charge on any atom is -0.485 e. The van der Waals surface area contributed by atoms with E-state index in [1.54, 1.807) is 6.07 Å². The van der Waals surface area contributed by atoms with Gasteiger partial charge in [0.25, 0.3) is 0 Å². The highest BCUT2D eigenvalue weighted by atomic mass is 19.1. The third kappa shape index (κ3) is 3.19. The predicted octanol–water partition coefficient (Wildman–Crippen LogP) is 1.34. The Morgan fingerprint density at radius 2 is 2.41 bits per heavy atom. The standard InChI is InChI=1S/C13H13FO3/c14-12-4-3-10(2-1-6-15)8-13(12)17-11-5-7-16-9-11/h3-4,8,11,15H,5-7,9H2. The van der Waals surface area contributed by atoms with Crippen LogP contribution in [-0.2, 0) is 4.74 Å². The van der Waals surface area contributed by atoms with Crippen molar-refractivity contribution in [2.75, 3.05) is 19.8 Å². The number of rotatable bonds is 2. The van der Waals surface area contributed by atoms with E-state index in [-0.39, 0.29) is 18.5 Å². The quantitative estimate of drug-likeness (QED) is 0.787. The topological polar surface area (TPSA) is 38.7 Å². The molecule has 0 aromatic heterocycles. The van der Waals surface area contributed by atoms with Crippen LogP contribution in [0.3, 0.4) is 0 Å². The molecule has 17 heavy (non-hydrogen) atoms. The van der Waals surface area contributed by atoms with Crippen LogP contribution in [0.4, 0.5) is 4.39 Å². The van der Waals surface area contributed by atoms with Crippen LogP contribution in [0, 0.1) is 17.7 Å². The van der Waals surface area contributed by atoms with Gasteiger partial charge in [-0.3, -0.25) is 0 Å². The monoisotopic (exact) mass is 236 g/mol. The number of ether oxygens (including phenoxy) is 2. The van der Waals surface area contributed by atoms with Gasteiger partial charge in [-0.15, -0.1) is 0 Å². The first-order valence-corrected chi connectivity index (χ1v) is 5.43. The summed E-state index contributed by atoms with van der Waals surface area (Å²) >= 11 is 0. The van der Waals surface area contributed by atoms with Gasteiger partial charge < -0.3 is 14.6 Å². The molecule has 0 spiro atoms. The van der Waals surface area contributed by atoms with E-state index >= 15 is 0 Å². The predicted molar refractivity (Wildman–Crippen MR) is 60.2 cm³/mol. The van der Waals surface area contributed by atoms with Gasteiger partial charge in [-0.2, -0.15) is 0 Å². The maximum absolute atomic E-state index is 13.5. The molecule has 4 heteroatoms. The van der Waals surface area contributed by atoms with Crippen molar-refractivity contribution in [3.8, 4) is 17.6 Å². The van der Waals surface area contributed by atoms with E-state index in [4.69, 9.17) is 14.6 Å². The van der Waals surface area contributed by atoms with E-state index in [9.17, 15) is 4.39 Å². The molecule has 0 aliphatic carbocycles. The van der Waals surface area contributed by atoms with Gasteiger partial charge in [-0.05, 0) is 18.2 Å². The van der Waals surface area contributed by atoms with Gasteiger partial charge in [0, 0.05) is 12.0 Å². The Morgan fingerprint density at radius 1 is 1.53 bits per heavy atom. The van der Waals surface area contributed by atoms with Gasteiger partial charge in [0.05, 0.1) is 13.2 Å². The molecule has 1 saturated heterocycles. The highest BCUT2D eigenvalue weighted by Crippen LogP contribution is 2.22. The minimum atomic E-state index is -0.411. The van der Waals surface area contributed by atoms with Crippen molar-refractivity contribution >= 4 is 0 Å². The molecule has 0 saturated carbocycles. The summed E-state index contributed by atoms with van der Waals surface area (Å²) in [5, 5.41) is 8.59. The van der Waals surface area contributed by atoms with Gasteiger partial charge >= 0.3 is 0 Å². The van der Waals surface area contributed by atoms with Gasteiger partial charge in [0.1, 0.15) is 12.7 Å². The summed E-state index contributed by atoms with van der Waals surface area (Å²) in [6.45, 7) is 0.923. The van der Waals surface area contributed by atoms with E-state index in [1.807, 2.05) is 0 Å². The zero-order chi connectivity index (χ0) is 12.1. The van der Waals surface area contributed by atoms with E-state index in [2.05, 4.69) is 11.8 Å². The molecule has 1 unspecified atom stereocenters. The number of hydrogen-bond acceptors (Lipinski definition) is 3. The molecule has 90 valence electrons. The molecule has 1 atom stereocenters. The second kappa shape index (κ2) is 5.67. The fourth-order valence-corrected chi connectivity index (χ4v) is 1.60. The smallest absolute Gasteiger partial charge is 0.165 e. The van der Waals surface area contributed by atoms with Gasteiger partial charge in [-0.1, -0.05) is 11.8 Å². The summed E-state index contributed by atoms with van der Waals surface area (Å²) in [6.07, 6.45) is 0.678. The van der Waals surface area contributed by atoms with Crippen molar-refractivity contribution in [3.05, 3.63) is 29.6 Å². The summed E-state index contributed by atoms with van der Waals surface area (Å²) in [5.41, 5.74) is 0.620. The molecule has 1 fully saturated rings. The molecule has 0 radical (unpaired) electrons. The third-order valence-electron chi connectivity index (χ3n) is 2.42. The second-order valence-electron chi connectivity index (χ2n) is 3.71. The zero-order valence-corrected chi connectivity index (χ0v) is 9.28. The molecule has 1 aliphatic rings. The van der Waals surface area contributed by atoms with Crippen molar-refractivity contribution in [1.29, 1.82) is 0 Å². The Balaban J connectivity index is 2.13. The first-order valence-electron chi connectivity index (χ1n) is 5.43. The van der Waals surface area contributed by atoms with Crippen molar-refractivity contribution in [1.82, 2.24) is 0 Å². The summed E-state index contributed by atoms with van der Waals surface area (Å²) in [5.74, 6) is 4.99. The van der Waals surface area contributed by atoms with Crippen LogP contribution in [0.2, 0.25) is 0 Å². The number of aliphatic hydroxyl groups excluding tert-OH is 1. The summed E-state index contributed by atoms with van der Waals surface area (Å²) < 4.78 is 24.1. The van der Waals surface area contributed by atoms with E-state index in [0.29, 0.717) is 18.8 Å². The number of aliphatic hydroxyl groups is 1. The lowest BCUT2D eigenvalue weighted by Gasteiger charge is -2.12. The number of hydrogen-bond donors (Lipinski definition) is 1. The highest BCUT2D eigenvalue weighted by Gasteiger charge is 2.18. The zero-order valence-electron chi connectivity index (χ0n) is 9.28. The van der Waals surface area contributed by atoms with Crippen molar-refractivity contribution in [3.63, 3.8) is 0 Å². The van der Waals surface area contributed by atoms with Crippen LogP contribution in [0.15, 0.2) is 18.2 Å². The van der Waals surface area contributed by atoms with Gasteiger partial charge in [-0.25, -0.2) is 4.39 Å². The molecular weight excluding hydrogens is 223 g/mol. The van der Waals surface area contributed by atoms with Crippen LogP contribution < -0.4 is 4.74 Å². The molecule has 1 aromatic rings.